The molecule has 0 heterocycles. The smallest absolute Gasteiger partial charge is 0.0568 e. The Bertz CT molecular complexity index is 397. The van der Waals surface area contributed by atoms with Gasteiger partial charge in [0.05, 0.1) is 5.02 Å². The first-order chi connectivity index (χ1) is 8.56. The number of hydrogen-bond donors (Lipinski definition) is 1. The lowest BCUT2D eigenvalue weighted by Gasteiger charge is -2.31. The predicted molar refractivity (Wildman–Crippen MR) is 83.4 cm³/mol. The number of anilines is 1. The Balaban J connectivity index is 1.89. The second kappa shape index (κ2) is 6.29. The highest BCUT2D eigenvalue weighted by Gasteiger charge is 2.23. The van der Waals surface area contributed by atoms with Gasteiger partial charge in [-0.2, -0.15) is 0 Å². The molecule has 100 valence electrons. The normalized spacial score (nSPS) is 24.3. The van der Waals surface area contributed by atoms with Crippen LogP contribution < -0.4 is 5.32 Å². The van der Waals surface area contributed by atoms with Crippen molar-refractivity contribution in [2.45, 2.75) is 45.6 Å². The largest absolute Gasteiger partial charge is 0.382 e. The molecule has 1 fully saturated rings. The third-order valence-electron chi connectivity index (χ3n) is 4.01. The monoisotopic (exact) mass is 329 g/mol. The molecule has 18 heavy (non-hydrogen) atoms. The summed E-state index contributed by atoms with van der Waals surface area (Å²) in [7, 11) is 0. The van der Waals surface area contributed by atoms with E-state index in [-0.39, 0.29) is 0 Å². The minimum Gasteiger partial charge on any atom is -0.382 e. The van der Waals surface area contributed by atoms with Gasteiger partial charge in [-0.05, 0) is 71.6 Å². The highest BCUT2D eigenvalue weighted by atomic mass is 79.9. The van der Waals surface area contributed by atoms with Crippen molar-refractivity contribution < 1.29 is 0 Å². The summed E-state index contributed by atoms with van der Waals surface area (Å²) in [4.78, 5) is 0. The lowest BCUT2D eigenvalue weighted by Crippen LogP contribution is -2.27. The van der Waals surface area contributed by atoms with Crippen LogP contribution in [-0.4, -0.2) is 6.04 Å². The number of hydrogen-bond acceptors (Lipinski definition) is 1. The molecule has 1 N–H and O–H groups in total. The van der Waals surface area contributed by atoms with Gasteiger partial charge in [-0.15, -0.1) is 0 Å². The second-order valence-electron chi connectivity index (χ2n) is 5.63. The molecule has 2 rings (SSSR count). The highest BCUT2D eigenvalue weighted by molar-refractivity contribution is 9.10. The van der Waals surface area contributed by atoms with Gasteiger partial charge in [0.25, 0.3) is 0 Å². The molecule has 0 spiro atoms. The first-order valence-electron chi connectivity index (χ1n) is 6.78. The Morgan fingerprint density at radius 2 is 1.89 bits per heavy atom. The molecule has 1 aromatic carbocycles. The zero-order valence-corrected chi connectivity index (χ0v) is 13.4. The van der Waals surface area contributed by atoms with Crippen molar-refractivity contribution in [3.05, 3.63) is 27.7 Å². The lowest BCUT2D eigenvalue weighted by molar-refractivity contribution is 0.267. The highest BCUT2D eigenvalue weighted by Crippen LogP contribution is 2.32. The van der Waals surface area contributed by atoms with Crippen LogP contribution in [0.2, 0.25) is 5.02 Å². The van der Waals surface area contributed by atoms with E-state index in [4.69, 9.17) is 11.6 Å². The van der Waals surface area contributed by atoms with E-state index in [2.05, 4.69) is 41.2 Å². The van der Waals surface area contributed by atoms with Crippen molar-refractivity contribution >= 4 is 33.2 Å². The van der Waals surface area contributed by atoms with E-state index < -0.39 is 0 Å². The number of benzene rings is 1. The van der Waals surface area contributed by atoms with Crippen LogP contribution in [0, 0.1) is 11.8 Å². The SMILES string of the molecule is CC(C)C1CCC(Nc2ccc(Br)c(Cl)c2)CC1. The van der Waals surface area contributed by atoms with Gasteiger partial charge in [0, 0.05) is 16.2 Å². The molecule has 0 bridgehead atoms. The van der Waals surface area contributed by atoms with E-state index in [1.807, 2.05) is 12.1 Å². The van der Waals surface area contributed by atoms with E-state index in [9.17, 15) is 0 Å². The molecule has 1 aliphatic carbocycles. The fourth-order valence-electron chi connectivity index (χ4n) is 2.75. The summed E-state index contributed by atoms with van der Waals surface area (Å²) in [5, 5.41) is 4.38. The van der Waals surface area contributed by atoms with Crippen LogP contribution in [0.4, 0.5) is 5.69 Å². The minimum atomic E-state index is 0.609. The molecule has 0 atom stereocenters. The van der Waals surface area contributed by atoms with Gasteiger partial charge in [0.15, 0.2) is 0 Å². The van der Waals surface area contributed by atoms with Crippen LogP contribution in [0.25, 0.3) is 0 Å². The van der Waals surface area contributed by atoms with Gasteiger partial charge in [-0.3, -0.25) is 0 Å². The van der Waals surface area contributed by atoms with Crippen LogP contribution in [0.1, 0.15) is 39.5 Å². The van der Waals surface area contributed by atoms with Gasteiger partial charge in [0.2, 0.25) is 0 Å². The topological polar surface area (TPSA) is 12.0 Å². The van der Waals surface area contributed by atoms with Crippen LogP contribution in [0.5, 0.6) is 0 Å². The molecular weight excluding hydrogens is 310 g/mol. The van der Waals surface area contributed by atoms with Crippen molar-refractivity contribution in [2.75, 3.05) is 5.32 Å². The number of nitrogens with one attached hydrogen (secondary N) is 1. The Morgan fingerprint density at radius 3 is 2.44 bits per heavy atom. The van der Waals surface area contributed by atoms with E-state index in [1.165, 1.54) is 25.7 Å². The van der Waals surface area contributed by atoms with Crippen LogP contribution >= 0.6 is 27.5 Å². The van der Waals surface area contributed by atoms with Crippen molar-refractivity contribution in [3.63, 3.8) is 0 Å². The molecule has 0 saturated heterocycles. The maximum atomic E-state index is 6.11. The average Bonchev–Trinajstić information content (AvgIpc) is 2.34. The molecule has 0 aliphatic heterocycles. The molecule has 0 unspecified atom stereocenters. The Labute approximate surface area is 123 Å². The first kappa shape index (κ1) is 14.2. The van der Waals surface area contributed by atoms with Crippen molar-refractivity contribution in [1.82, 2.24) is 0 Å². The molecule has 0 radical (unpaired) electrons. The maximum Gasteiger partial charge on any atom is 0.0568 e. The molecule has 0 aromatic heterocycles. The standard InChI is InChI=1S/C15H21BrClN/c1-10(2)11-3-5-12(6-4-11)18-13-7-8-14(16)15(17)9-13/h7-12,18H,3-6H2,1-2H3. The Kier molecular flexibility index (Phi) is 4.97. The first-order valence-corrected chi connectivity index (χ1v) is 7.95. The summed E-state index contributed by atoms with van der Waals surface area (Å²) in [6, 6.07) is 6.70. The summed E-state index contributed by atoms with van der Waals surface area (Å²) >= 11 is 9.53. The van der Waals surface area contributed by atoms with E-state index in [0.29, 0.717) is 6.04 Å². The summed E-state index contributed by atoms with van der Waals surface area (Å²) in [5.74, 6) is 1.74. The van der Waals surface area contributed by atoms with E-state index in [0.717, 1.165) is 27.0 Å². The molecule has 3 heteroatoms. The summed E-state index contributed by atoms with van der Waals surface area (Å²) in [5.41, 5.74) is 1.14. The predicted octanol–water partition coefficient (Wildman–Crippen LogP) is 5.73. The zero-order valence-electron chi connectivity index (χ0n) is 11.0. The molecular formula is C15H21BrClN. The average molecular weight is 331 g/mol. The van der Waals surface area contributed by atoms with Gasteiger partial charge in [0.1, 0.15) is 0 Å². The number of halogens is 2. The zero-order chi connectivity index (χ0) is 13.1. The van der Waals surface area contributed by atoms with Crippen molar-refractivity contribution in [3.8, 4) is 0 Å². The van der Waals surface area contributed by atoms with Gasteiger partial charge in [-0.1, -0.05) is 25.4 Å². The Morgan fingerprint density at radius 1 is 1.22 bits per heavy atom. The minimum absolute atomic E-state index is 0.609. The molecule has 1 nitrogen and oxygen atoms in total. The number of rotatable bonds is 3. The van der Waals surface area contributed by atoms with Crippen molar-refractivity contribution in [1.29, 1.82) is 0 Å². The fraction of sp³-hybridized carbons (Fsp3) is 0.600. The Hall–Kier alpha value is -0.210. The van der Waals surface area contributed by atoms with E-state index in [1.54, 1.807) is 0 Å². The second-order valence-corrected chi connectivity index (χ2v) is 6.89. The van der Waals surface area contributed by atoms with Gasteiger partial charge < -0.3 is 5.32 Å². The van der Waals surface area contributed by atoms with Crippen LogP contribution in [0.3, 0.4) is 0 Å². The van der Waals surface area contributed by atoms with Gasteiger partial charge in [-0.25, -0.2) is 0 Å². The molecule has 1 aliphatic rings. The third-order valence-corrected chi connectivity index (χ3v) is 5.24. The van der Waals surface area contributed by atoms with E-state index >= 15 is 0 Å². The molecule has 1 saturated carbocycles. The third kappa shape index (κ3) is 3.64. The summed E-state index contributed by atoms with van der Waals surface area (Å²) in [6.45, 7) is 4.68. The van der Waals surface area contributed by atoms with Crippen LogP contribution in [0.15, 0.2) is 22.7 Å². The maximum absolute atomic E-state index is 6.11. The lowest BCUT2D eigenvalue weighted by atomic mass is 9.79. The fourth-order valence-corrected chi connectivity index (χ4v) is 3.18. The quantitative estimate of drug-likeness (QED) is 0.746. The molecule has 1 aromatic rings. The summed E-state index contributed by atoms with van der Waals surface area (Å²) in [6.07, 6.45) is 5.24. The van der Waals surface area contributed by atoms with Gasteiger partial charge >= 0.3 is 0 Å². The summed E-state index contributed by atoms with van der Waals surface area (Å²) < 4.78 is 0.957. The van der Waals surface area contributed by atoms with Crippen LogP contribution in [-0.2, 0) is 0 Å². The van der Waals surface area contributed by atoms with Crippen molar-refractivity contribution in [2.24, 2.45) is 11.8 Å². The molecule has 0 amide bonds.